The highest BCUT2D eigenvalue weighted by molar-refractivity contribution is 5.21. The Hall–Kier alpha value is -0.0400. The standard InChI is InChI=1S/C15H24O/c1-10-4-5-11-13(2,3)12-8-14(10,11)6-7-15(12)9-16-15/h10-12H,4-9H2,1-3H3/t10-,11+,12?,14+,15?/m1/s1. The van der Waals surface area contributed by atoms with Crippen LogP contribution in [0.5, 0.6) is 0 Å². The molecule has 0 aromatic carbocycles. The third kappa shape index (κ3) is 0.868. The molecule has 5 atom stereocenters. The van der Waals surface area contributed by atoms with Gasteiger partial charge >= 0.3 is 0 Å². The highest BCUT2D eigenvalue weighted by Crippen LogP contribution is 2.75. The van der Waals surface area contributed by atoms with Crippen molar-refractivity contribution in [1.82, 2.24) is 0 Å². The van der Waals surface area contributed by atoms with Crippen molar-refractivity contribution in [2.24, 2.45) is 28.6 Å². The minimum absolute atomic E-state index is 0.346. The zero-order valence-corrected chi connectivity index (χ0v) is 10.9. The molecule has 3 saturated carbocycles. The van der Waals surface area contributed by atoms with Gasteiger partial charge < -0.3 is 4.74 Å². The van der Waals surface area contributed by atoms with Gasteiger partial charge in [-0.25, -0.2) is 0 Å². The van der Waals surface area contributed by atoms with Gasteiger partial charge in [-0.05, 0) is 60.7 Å². The van der Waals surface area contributed by atoms with E-state index in [1.807, 2.05) is 0 Å². The Morgan fingerprint density at radius 2 is 1.81 bits per heavy atom. The zero-order chi connectivity index (χ0) is 11.2. The van der Waals surface area contributed by atoms with Crippen LogP contribution in [0.4, 0.5) is 0 Å². The van der Waals surface area contributed by atoms with Crippen LogP contribution in [0.1, 0.15) is 52.9 Å². The molecule has 0 N–H and O–H groups in total. The lowest BCUT2D eigenvalue weighted by Gasteiger charge is -2.39. The molecule has 1 aliphatic heterocycles. The van der Waals surface area contributed by atoms with Crippen molar-refractivity contribution in [2.75, 3.05) is 6.61 Å². The first kappa shape index (κ1) is 9.94. The summed E-state index contributed by atoms with van der Waals surface area (Å²) in [4.78, 5) is 0. The van der Waals surface area contributed by atoms with E-state index in [1.165, 1.54) is 32.1 Å². The lowest BCUT2D eigenvalue weighted by atomic mass is 9.65. The van der Waals surface area contributed by atoms with Gasteiger partial charge in [0, 0.05) is 0 Å². The summed E-state index contributed by atoms with van der Waals surface area (Å²) >= 11 is 0. The molecule has 0 radical (unpaired) electrons. The molecule has 3 aliphatic carbocycles. The van der Waals surface area contributed by atoms with Crippen molar-refractivity contribution >= 4 is 0 Å². The van der Waals surface area contributed by atoms with Crippen molar-refractivity contribution in [2.45, 2.75) is 58.5 Å². The van der Waals surface area contributed by atoms with Crippen LogP contribution in [0.2, 0.25) is 0 Å². The number of fused-ring (bicyclic) bond motifs is 2. The summed E-state index contributed by atoms with van der Waals surface area (Å²) in [6.45, 7) is 8.66. The molecule has 4 rings (SSSR count). The predicted molar refractivity (Wildman–Crippen MR) is 64.1 cm³/mol. The van der Waals surface area contributed by atoms with E-state index in [0.29, 0.717) is 16.4 Å². The quantitative estimate of drug-likeness (QED) is 0.568. The molecule has 1 nitrogen and oxygen atoms in total. The molecule has 2 unspecified atom stereocenters. The maximum Gasteiger partial charge on any atom is 0.0950 e. The molecular formula is C15H24O. The van der Waals surface area contributed by atoms with E-state index in [9.17, 15) is 0 Å². The monoisotopic (exact) mass is 220 g/mol. The van der Waals surface area contributed by atoms with E-state index in [0.717, 1.165) is 24.4 Å². The summed E-state index contributed by atoms with van der Waals surface area (Å²) in [6, 6.07) is 0. The summed E-state index contributed by atoms with van der Waals surface area (Å²) in [5.74, 6) is 2.82. The van der Waals surface area contributed by atoms with Crippen LogP contribution in [-0.4, -0.2) is 12.2 Å². The van der Waals surface area contributed by atoms with Gasteiger partial charge in [-0.2, -0.15) is 0 Å². The van der Waals surface area contributed by atoms with Crippen molar-refractivity contribution in [1.29, 1.82) is 0 Å². The second-order valence-electron chi connectivity index (χ2n) is 7.70. The lowest BCUT2D eigenvalue weighted by Crippen LogP contribution is -2.37. The fraction of sp³-hybridized carbons (Fsp3) is 1.00. The summed E-state index contributed by atoms with van der Waals surface area (Å²) in [7, 11) is 0. The average molecular weight is 220 g/mol. The maximum absolute atomic E-state index is 5.90. The number of ether oxygens (including phenoxy) is 1. The van der Waals surface area contributed by atoms with Crippen LogP contribution in [0, 0.1) is 28.6 Å². The molecular weight excluding hydrogens is 196 g/mol. The summed E-state index contributed by atoms with van der Waals surface area (Å²) in [5.41, 5.74) is 1.60. The van der Waals surface area contributed by atoms with Gasteiger partial charge in [0.1, 0.15) is 0 Å². The van der Waals surface area contributed by atoms with Crippen LogP contribution in [0.15, 0.2) is 0 Å². The van der Waals surface area contributed by atoms with Gasteiger partial charge in [-0.3, -0.25) is 0 Å². The summed E-state index contributed by atoms with van der Waals surface area (Å²) in [6.07, 6.45) is 7.27. The third-order valence-electron chi connectivity index (χ3n) is 7.11. The Labute approximate surface area is 98.9 Å². The zero-order valence-electron chi connectivity index (χ0n) is 10.9. The van der Waals surface area contributed by atoms with Crippen LogP contribution in [0.3, 0.4) is 0 Å². The smallest absolute Gasteiger partial charge is 0.0950 e. The Balaban J connectivity index is 1.82. The SMILES string of the molecule is C[C@@H]1CC[C@H]2C(C)(C)C3C[C@@]12CCC31CO1. The van der Waals surface area contributed by atoms with Crippen molar-refractivity contribution < 1.29 is 4.74 Å². The number of epoxide rings is 1. The Kier molecular flexibility index (Phi) is 1.57. The van der Waals surface area contributed by atoms with E-state index >= 15 is 0 Å². The van der Waals surface area contributed by atoms with E-state index in [-0.39, 0.29) is 0 Å². The van der Waals surface area contributed by atoms with Gasteiger partial charge in [-0.1, -0.05) is 20.8 Å². The molecule has 1 heterocycles. The van der Waals surface area contributed by atoms with Gasteiger partial charge in [0.05, 0.1) is 12.2 Å². The first-order chi connectivity index (χ1) is 7.51. The normalized spacial score (nSPS) is 61.3. The Morgan fingerprint density at radius 1 is 1.06 bits per heavy atom. The summed E-state index contributed by atoms with van der Waals surface area (Å²) in [5, 5.41) is 0. The molecule has 1 saturated heterocycles. The second-order valence-corrected chi connectivity index (χ2v) is 7.70. The topological polar surface area (TPSA) is 12.5 Å². The van der Waals surface area contributed by atoms with Crippen molar-refractivity contribution in [3.05, 3.63) is 0 Å². The molecule has 16 heavy (non-hydrogen) atoms. The van der Waals surface area contributed by atoms with Crippen LogP contribution in [-0.2, 0) is 4.74 Å². The predicted octanol–water partition coefficient (Wildman–Crippen LogP) is 3.63. The molecule has 2 spiro atoms. The molecule has 2 bridgehead atoms. The largest absolute Gasteiger partial charge is 0.369 e. The van der Waals surface area contributed by atoms with E-state index in [1.54, 1.807) is 0 Å². The Bertz CT molecular complexity index is 337. The molecule has 90 valence electrons. The fourth-order valence-electron chi connectivity index (χ4n) is 6.12. The van der Waals surface area contributed by atoms with E-state index in [2.05, 4.69) is 20.8 Å². The first-order valence-corrected chi connectivity index (χ1v) is 7.15. The molecule has 4 fully saturated rings. The highest BCUT2D eigenvalue weighted by atomic mass is 16.6. The average Bonchev–Trinajstić information content (AvgIpc) is 2.89. The highest BCUT2D eigenvalue weighted by Gasteiger charge is 2.72. The fourth-order valence-corrected chi connectivity index (χ4v) is 6.12. The minimum atomic E-state index is 0.346. The number of hydrogen-bond acceptors (Lipinski definition) is 1. The number of rotatable bonds is 0. The Morgan fingerprint density at radius 3 is 2.50 bits per heavy atom. The molecule has 0 aromatic heterocycles. The molecule has 4 aliphatic rings. The second kappa shape index (κ2) is 2.53. The van der Waals surface area contributed by atoms with Gasteiger partial charge in [0.25, 0.3) is 0 Å². The van der Waals surface area contributed by atoms with E-state index in [4.69, 9.17) is 4.74 Å². The number of hydrogen-bond donors (Lipinski definition) is 0. The molecule has 1 heteroatoms. The van der Waals surface area contributed by atoms with Crippen LogP contribution < -0.4 is 0 Å². The van der Waals surface area contributed by atoms with Gasteiger partial charge in [-0.15, -0.1) is 0 Å². The van der Waals surface area contributed by atoms with Crippen LogP contribution >= 0.6 is 0 Å². The lowest BCUT2D eigenvalue weighted by molar-refractivity contribution is 0.0696. The first-order valence-electron chi connectivity index (χ1n) is 7.15. The van der Waals surface area contributed by atoms with Crippen molar-refractivity contribution in [3.63, 3.8) is 0 Å². The third-order valence-corrected chi connectivity index (χ3v) is 7.11. The van der Waals surface area contributed by atoms with Crippen LogP contribution in [0.25, 0.3) is 0 Å². The summed E-state index contributed by atoms with van der Waals surface area (Å²) < 4.78 is 5.90. The van der Waals surface area contributed by atoms with E-state index < -0.39 is 0 Å². The van der Waals surface area contributed by atoms with Gasteiger partial charge in [0.2, 0.25) is 0 Å². The maximum atomic E-state index is 5.90. The van der Waals surface area contributed by atoms with Gasteiger partial charge in [0.15, 0.2) is 0 Å². The molecule has 0 aromatic rings. The minimum Gasteiger partial charge on any atom is -0.369 e. The van der Waals surface area contributed by atoms with Crippen molar-refractivity contribution in [3.8, 4) is 0 Å². The molecule has 0 amide bonds.